The lowest BCUT2D eigenvalue weighted by Gasteiger charge is -2.18. The minimum atomic E-state index is -4.94. The molecule has 15 heteroatoms. The number of pyridine rings is 2. The number of hydrogen-bond donors (Lipinski definition) is 1. The summed E-state index contributed by atoms with van der Waals surface area (Å²) < 4.78 is 60.0. The Balaban J connectivity index is 1.75. The molecule has 1 N–H and O–H groups in total. The molecule has 0 saturated heterocycles. The van der Waals surface area contributed by atoms with Crippen LogP contribution >= 0.6 is 34.5 Å². The number of hydrogen-bond acceptors (Lipinski definition) is 8. The molecule has 4 rings (SSSR count). The predicted octanol–water partition coefficient (Wildman–Crippen LogP) is 5.85. The van der Waals surface area contributed by atoms with Crippen LogP contribution in [0.15, 0.2) is 58.5 Å². The first kappa shape index (κ1) is 24.7. The first-order chi connectivity index (χ1) is 16.6. The molecule has 9 nitrogen and oxygen atoms in total. The van der Waals surface area contributed by atoms with E-state index in [9.17, 15) is 27.1 Å². The zero-order valence-corrected chi connectivity index (χ0v) is 20.0. The quantitative estimate of drug-likeness (QED) is 0.292. The second-order valence-corrected chi connectivity index (χ2v) is 9.85. The van der Waals surface area contributed by atoms with Gasteiger partial charge in [0.05, 0.1) is 16.7 Å². The van der Waals surface area contributed by atoms with E-state index in [1.54, 1.807) is 0 Å². The molecule has 0 spiro atoms. The standard InChI is InChI=1S/C20H10Cl2F2N4O5S2/c21-12-5-16(35(31,32)28(20(29)30)19-8-34-9-27-19)13(23)6-14(12)33-15-7-26-17(22)4-11(15)10-1-2-25-18(24)3-10/h1-9H,(H,29,30). The molecular formula is C20H10Cl2F2N4O5S2. The molecule has 35 heavy (non-hydrogen) atoms. The Kier molecular flexibility index (Phi) is 6.85. The third-order valence-electron chi connectivity index (χ3n) is 4.40. The van der Waals surface area contributed by atoms with Crippen molar-refractivity contribution in [2.45, 2.75) is 4.90 Å². The monoisotopic (exact) mass is 558 g/mol. The van der Waals surface area contributed by atoms with E-state index < -0.39 is 38.6 Å². The maximum absolute atomic E-state index is 15.0. The van der Waals surface area contributed by atoms with Crippen LogP contribution in [-0.4, -0.2) is 34.6 Å². The van der Waals surface area contributed by atoms with Gasteiger partial charge in [-0.2, -0.15) is 4.39 Å². The average molecular weight is 559 g/mol. The number of halogens is 4. The molecular weight excluding hydrogens is 549 g/mol. The average Bonchev–Trinajstić information content (AvgIpc) is 3.30. The Morgan fingerprint density at radius 2 is 1.86 bits per heavy atom. The van der Waals surface area contributed by atoms with E-state index in [1.807, 2.05) is 0 Å². The van der Waals surface area contributed by atoms with E-state index in [1.165, 1.54) is 35.4 Å². The van der Waals surface area contributed by atoms with Crippen LogP contribution in [0.5, 0.6) is 11.5 Å². The van der Waals surface area contributed by atoms with Gasteiger partial charge in [-0.25, -0.2) is 32.6 Å². The zero-order chi connectivity index (χ0) is 25.3. The summed E-state index contributed by atoms with van der Waals surface area (Å²) in [6, 6.07) is 5.32. The summed E-state index contributed by atoms with van der Waals surface area (Å²) in [5, 5.41) is 10.3. The number of anilines is 1. The van der Waals surface area contributed by atoms with Crippen LogP contribution < -0.4 is 9.04 Å². The number of ether oxygens (including phenoxy) is 1. The highest BCUT2D eigenvalue weighted by atomic mass is 35.5. The lowest BCUT2D eigenvalue weighted by Crippen LogP contribution is -2.36. The third-order valence-corrected chi connectivity index (χ3v) is 7.17. The second-order valence-electron chi connectivity index (χ2n) is 6.58. The summed E-state index contributed by atoms with van der Waals surface area (Å²) in [5.74, 6) is -2.88. The SMILES string of the molecule is O=C(O)N(c1cscn1)S(=O)(=O)c1cc(Cl)c(Oc2cnc(Cl)cc2-c2ccnc(F)c2)cc1F. The van der Waals surface area contributed by atoms with Gasteiger partial charge < -0.3 is 9.84 Å². The van der Waals surface area contributed by atoms with Crippen molar-refractivity contribution >= 4 is 56.5 Å². The van der Waals surface area contributed by atoms with Crippen molar-refractivity contribution in [2.75, 3.05) is 4.31 Å². The van der Waals surface area contributed by atoms with Gasteiger partial charge in [-0.3, -0.25) is 0 Å². The van der Waals surface area contributed by atoms with Gasteiger partial charge in [0.15, 0.2) is 11.6 Å². The highest BCUT2D eigenvalue weighted by Gasteiger charge is 2.35. The predicted molar refractivity (Wildman–Crippen MR) is 124 cm³/mol. The van der Waals surface area contributed by atoms with Crippen LogP contribution in [-0.2, 0) is 10.0 Å². The minimum Gasteiger partial charge on any atom is -0.464 e. The van der Waals surface area contributed by atoms with Crippen LogP contribution in [0.4, 0.5) is 19.4 Å². The summed E-state index contributed by atoms with van der Waals surface area (Å²) in [6.07, 6.45) is 0.503. The van der Waals surface area contributed by atoms with Gasteiger partial charge >= 0.3 is 6.09 Å². The number of nitrogens with zero attached hydrogens (tertiary/aromatic N) is 4. The van der Waals surface area contributed by atoms with Gasteiger partial charge in [0, 0.05) is 29.3 Å². The summed E-state index contributed by atoms with van der Waals surface area (Å²) in [7, 11) is -4.94. The molecule has 1 amide bonds. The van der Waals surface area contributed by atoms with E-state index in [2.05, 4.69) is 15.0 Å². The summed E-state index contributed by atoms with van der Waals surface area (Å²) >= 11 is 13.1. The van der Waals surface area contributed by atoms with Crippen LogP contribution in [0.3, 0.4) is 0 Å². The van der Waals surface area contributed by atoms with Gasteiger partial charge in [0.2, 0.25) is 5.95 Å². The number of sulfonamides is 1. The second kappa shape index (κ2) is 9.70. The van der Waals surface area contributed by atoms with Gasteiger partial charge in [0.1, 0.15) is 21.6 Å². The maximum atomic E-state index is 15.0. The van der Waals surface area contributed by atoms with Crippen molar-refractivity contribution in [3.63, 3.8) is 0 Å². The molecule has 0 bridgehead atoms. The Morgan fingerprint density at radius 3 is 2.51 bits per heavy atom. The summed E-state index contributed by atoms with van der Waals surface area (Å²) in [6.45, 7) is 0. The topological polar surface area (TPSA) is 123 Å². The van der Waals surface area contributed by atoms with Crippen molar-refractivity contribution in [1.82, 2.24) is 15.0 Å². The molecule has 180 valence electrons. The minimum absolute atomic E-state index is 0.00783. The lowest BCUT2D eigenvalue weighted by molar-refractivity contribution is 0.206. The van der Waals surface area contributed by atoms with Crippen molar-refractivity contribution < 1.29 is 31.8 Å². The van der Waals surface area contributed by atoms with Crippen molar-refractivity contribution in [3.8, 4) is 22.6 Å². The number of aromatic nitrogens is 3. The highest BCUT2D eigenvalue weighted by molar-refractivity contribution is 7.93. The zero-order valence-electron chi connectivity index (χ0n) is 16.9. The Hall–Kier alpha value is -3.39. The number of thiazole rings is 1. The molecule has 4 aromatic rings. The van der Waals surface area contributed by atoms with Gasteiger partial charge in [-0.1, -0.05) is 23.2 Å². The maximum Gasteiger partial charge on any atom is 0.427 e. The fourth-order valence-electron chi connectivity index (χ4n) is 2.93. The van der Waals surface area contributed by atoms with Crippen molar-refractivity contribution in [1.29, 1.82) is 0 Å². The lowest BCUT2D eigenvalue weighted by atomic mass is 10.1. The van der Waals surface area contributed by atoms with E-state index in [4.69, 9.17) is 27.9 Å². The highest BCUT2D eigenvalue weighted by Crippen LogP contribution is 2.39. The van der Waals surface area contributed by atoms with E-state index in [0.29, 0.717) is 17.7 Å². The molecule has 0 fully saturated rings. The van der Waals surface area contributed by atoms with Gasteiger partial charge in [-0.15, -0.1) is 15.6 Å². The van der Waals surface area contributed by atoms with Gasteiger partial charge in [0.25, 0.3) is 10.0 Å². The third kappa shape index (κ3) is 5.03. The molecule has 3 aromatic heterocycles. The van der Waals surface area contributed by atoms with E-state index in [-0.39, 0.29) is 31.5 Å². The van der Waals surface area contributed by atoms with Crippen LogP contribution in [0, 0.1) is 11.8 Å². The normalized spacial score (nSPS) is 11.3. The first-order valence-electron chi connectivity index (χ1n) is 9.18. The van der Waals surface area contributed by atoms with Crippen LogP contribution in [0.2, 0.25) is 10.2 Å². The Labute approximate surface area is 210 Å². The summed E-state index contributed by atoms with van der Waals surface area (Å²) in [4.78, 5) is 21.6. The molecule has 0 saturated carbocycles. The van der Waals surface area contributed by atoms with E-state index >= 15 is 0 Å². The first-order valence-corrected chi connectivity index (χ1v) is 12.3. The van der Waals surface area contributed by atoms with E-state index in [0.717, 1.165) is 17.4 Å². The molecule has 0 atom stereocenters. The number of carbonyl (C=O) groups is 1. The molecule has 0 unspecified atom stereocenters. The smallest absolute Gasteiger partial charge is 0.427 e. The molecule has 0 aliphatic carbocycles. The van der Waals surface area contributed by atoms with Crippen LogP contribution in [0.25, 0.3) is 11.1 Å². The fraction of sp³-hybridized carbons (Fsp3) is 0. The number of amides is 1. The fourth-order valence-corrected chi connectivity index (χ4v) is 5.26. The molecule has 3 heterocycles. The Morgan fingerprint density at radius 1 is 1.09 bits per heavy atom. The molecule has 1 aromatic carbocycles. The van der Waals surface area contributed by atoms with Gasteiger partial charge in [-0.05, 0) is 23.8 Å². The number of benzene rings is 1. The molecule has 0 aliphatic heterocycles. The largest absolute Gasteiger partial charge is 0.464 e. The van der Waals surface area contributed by atoms with Crippen molar-refractivity contribution in [3.05, 3.63) is 75.6 Å². The number of rotatable bonds is 6. The van der Waals surface area contributed by atoms with Crippen molar-refractivity contribution in [2.24, 2.45) is 0 Å². The molecule has 0 aliphatic rings. The van der Waals surface area contributed by atoms with Crippen LogP contribution in [0.1, 0.15) is 0 Å². The summed E-state index contributed by atoms with van der Waals surface area (Å²) in [5.41, 5.74) is 1.79. The Bertz CT molecular complexity index is 1540. The molecule has 0 radical (unpaired) electrons. The number of carboxylic acid groups (broad SMARTS) is 1.